The van der Waals surface area contributed by atoms with Crippen molar-refractivity contribution in [3.05, 3.63) is 11.3 Å². The van der Waals surface area contributed by atoms with Crippen LogP contribution in [0, 0.1) is 5.41 Å². The lowest BCUT2D eigenvalue weighted by molar-refractivity contribution is -0.117. The molecule has 0 radical (unpaired) electrons. The fourth-order valence-electron chi connectivity index (χ4n) is 1.77. The van der Waals surface area contributed by atoms with Crippen LogP contribution in [0.25, 0.3) is 0 Å². The second-order valence-electron chi connectivity index (χ2n) is 5.13. The Kier molecular flexibility index (Phi) is 4.42. The Hall–Kier alpha value is -1.20. The maximum atomic E-state index is 11.7. The zero-order chi connectivity index (χ0) is 13.1. The minimum atomic E-state index is -0.927. The third-order valence-electron chi connectivity index (χ3n) is 2.64. The monoisotopic (exact) mass is 241 g/mol. The average Bonchev–Trinajstić information content (AvgIpc) is 2.20. The van der Waals surface area contributed by atoms with Crippen LogP contribution < -0.4 is 0 Å². The lowest BCUT2D eigenvalue weighted by atomic mass is 9.77. The van der Waals surface area contributed by atoms with E-state index in [0.29, 0.717) is 12.8 Å². The van der Waals surface area contributed by atoms with Crippen molar-refractivity contribution in [2.24, 2.45) is 10.4 Å². The van der Waals surface area contributed by atoms with Gasteiger partial charge in [-0.05, 0) is 5.41 Å². The molecule has 17 heavy (non-hydrogen) atoms. The molecule has 1 aliphatic rings. The molecule has 0 fully saturated rings. The highest BCUT2D eigenvalue weighted by Crippen LogP contribution is 2.34. The van der Waals surface area contributed by atoms with Gasteiger partial charge in [0.2, 0.25) is 0 Å². The van der Waals surface area contributed by atoms with Gasteiger partial charge < -0.3 is 15.3 Å². The summed E-state index contributed by atoms with van der Waals surface area (Å²) in [4.78, 5) is 15.6. The maximum absolute atomic E-state index is 11.7. The number of nitrogens with zero attached hydrogens (tertiary/aromatic N) is 1. The van der Waals surface area contributed by atoms with E-state index in [1.165, 1.54) is 6.21 Å². The first-order chi connectivity index (χ1) is 7.85. The van der Waals surface area contributed by atoms with Gasteiger partial charge in [0.15, 0.2) is 5.78 Å². The molecule has 0 aliphatic heterocycles. The van der Waals surface area contributed by atoms with Gasteiger partial charge in [0.25, 0.3) is 0 Å². The molecular weight excluding hydrogens is 222 g/mol. The van der Waals surface area contributed by atoms with E-state index in [0.717, 1.165) is 0 Å². The van der Waals surface area contributed by atoms with Gasteiger partial charge in [0.05, 0.1) is 24.8 Å². The first-order valence-electron chi connectivity index (χ1n) is 5.60. The van der Waals surface area contributed by atoms with Crippen molar-refractivity contribution in [3.63, 3.8) is 0 Å². The van der Waals surface area contributed by atoms with Crippen molar-refractivity contribution in [2.45, 2.75) is 32.8 Å². The summed E-state index contributed by atoms with van der Waals surface area (Å²) in [7, 11) is 0. The Morgan fingerprint density at radius 3 is 2.65 bits per heavy atom. The van der Waals surface area contributed by atoms with Gasteiger partial charge in [-0.15, -0.1) is 0 Å². The van der Waals surface area contributed by atoms with E-state index in [2.05, 4.69) is 4.99 Å². The Balaban J connectivity index is 2.73. The number of carbonyl (C=O) groups excluding carboxylic acids is 1. The number of aliphatic hydroxyl groups excluding tert-OH is 3. The third kappa shape index (κ3) is 3.94. The number of rotatable bonds is 4. The molecule has 0 saturated heterocycles. The van der Waals surface area contributed by atoms with Crippen LogP contribution in [0.3, 0.4) is 0 Å². The van der Waals surface area contributed by atoms with Crippen LogP contribution >= 0.6 is 0 Å². The summed E-state index contributed by atoms with van der Waals surface area (Å²) in [6.07, 6.45) is 1.18. The summed E-state index contributed by atoms with van der Waals surface area (Å²) in [6, 6.07) is 0. The van der Waals surface area contributed by atoms with Gasteiger partial charge in [0, 0.05) is 19.1 Å². The summed E-state index contributed by atoms with van der Waals surface area (Å²) in [5, 5.41) is 27.4. The van der Waals surface area contributed by atoms with Crippen LogP contribution in [0.15, 0.2) is 16.3 Å². The molecule has 3 N–H and O–H groups in total. The van der Waals surface area contributed by atoms with Crippen LogP contribution in [-0.2, 0) is 4.79 Å². The molecule has 0 unspecified atom stereocenters. The summed E-state index contributed by atoms with van der Waals surface area (Å²) in [6.45, 7) is 3.49. The van der Waals surface area contributed by atoms with E-state index in [1.807, 2.05) is 13.8 Å². The number of allylic oxidation sites excluding steroid dienone is 2. The largest absolute Gasteiger partial charge is 0.511 e. The quantitative estimate of drug-likeness (QED) is 0.629. The summed E-state index contributed by atoms with van der Waals surface area (Å²) in [5.74, 6) is -0.0884. The number of aliphatic imine (C=N–C) groups is 1. The van der Waals surface area contributed by atoms with E-state index < -0.39 is 6.10 Å². The highest BCUT2D eigenvalue weighted by atomic mass is 16.3. The lowest BCUT2D eigenvalue weighted by Crippen LogP contribution is -2.26. The maximum Gasteiger partial charge on any atom is 0.168 e. The second kappa shape index (κ2) is 5.42. The first-order valence-corrected chi connectivity index (χ1v) is 5.60. The van der Waals surface area contributed by atoms with Crippen molar-refractivity contribution in [1.82, 2.24) is 0 Å². The summed E-state index contributed by atoms with van der Waals surface area (Å²) < 4.78 is 0. The minimum absolute atomic E-state index is 0.0178. The number of hydrogen-bond acceptors (Lipinski definition) is 5. The zero-order valence-corrected chi connectivity index (χ0v) is 10.2. The molecule has 1 aliphatic carbocycles. The van der Waals surface area contributed by atoms with E-state index in [1.54, 1.807) is 0 Å². The normalized spacial score (nSPS) is 22.2. The highest BCUT2D eigenvalue weighted by Gasteiger charge is 2.32. The standard InChI is InChI=1S/C12H19NO4/c1-12(2)3-10(16)9(11(17)4-12)6-13-5-8(15)7-14/h6,8,14-16H,3-5,7H2,1-2H3/t8-/m1/s1. The smallest absolute Gasteiger partial charge is 0.168 e. The van der Waals surface area contributed by atoms with Crippen LogP contribution in [0.5, 0.6) is 0 Å². The number of Topliss-reactive ketones (excluding diaryl/α,β-unsaturated/α-hetero) is 1. The molecule has 0 aromatic rings. The molecule has 5 heteroatoms. The van der Waals surface area contributed by atoms with Gasteiger partial charge in [-0.3, -0.25) is 9.79 Å². The van der Waals surface area contributed by atoms with Crippen molar-refractivity contribution in [2.75, 3.05) is 13.2 Å². The Labute approximate surface area is 100 Å². The first kappa shape index (κ1) is 13.9. The van der Waals surface area contributed by atoms with E-state index >= 15 is 0 Å². The van der Waals surface area contributed by atoms with Crippen molar-refractivity contribution in [3.8, 4) is 0 Å². The van der Waals surface area contributed by atoms with Crippen LogP contribution in [0.4, 0.5) is 0 Å². The molecule has 0 aromatic heterocycles. The Morgan fingerprint density at radius 1 is 1.47 bits per heavy atom. The minimum Gasteiger partial charge on any atom is -0.511 e. The van der Waals surface area contributed by atoms with Gasteiger partial charge in [-0.2, -0.15) is 0 Å². The molecular formula is C12H19NO4. The number of hydrogen-bond donors (Lipinski definition) is 3. The van der Waals surface area contributed by atoms with Gasteiger partial charge in [-0.1, -0.05) is 13.8 Å². The SMILES string of the molecule is CC1(C)CC(=O)C(C=NC[C@@H](O)CO)=C(O)C1. The molecule has 0 spiro atoms. The van der Waals surface area contributed by atoms with Crippen LogP contribution in [-0.4, -0.2) is 46.6 Å². The van der Waals surface area contributed by atoms with Gasteiger partial charge >= 0.3 is 0 Å². The molecule has 0 bridgehead atoms. The third-order valence-corrected chi connectivity index (χ3v) is 2.64. The molecule has 1 rings (SSSR count). The fraction of sp³-hybridized carbons (Fsp3) is 0.667. The highest BCUT2D eigenvalue weighted by molar-refractivity contribution is 6.14. The topological polar surface area (TPSA) is 90.1 Å². The number of aliphatic hydroxyl groups is 3. The number of carbonyl (C=O) groups is 1. The molecule has 0 saturated carbocycles. The van der Waals surface area contributed by atoms with E-state index in [4.69, 9.17) is 10.2 Å². The van der Waals surface area contributed by atoms with E-state index in [-0.39, 0.29) is 35.7 Å². The number of ketones is 1. The molecule has 0 heterocycles. The predicted octanol–water partition coefficient (Wildman–Crippen LogP) is 0.612. The zero-order valence-electron chi connectivity index (χ0n) is 10.2. The van der Waals surface area contributed by atoms with Crippen LogP contribution in [0.2, 0.25) is 0 Å². The van der Waals surface area contributed by atoms with Crippen LogP contribution in [0.1, 0.15) is 26.7 Å². The molecule has 1 atom stereocenters. The summed E-state index contributed by atoms with van der Waals surface area (Å²) >= 11 is 0. The summed E-state index contributed by atoms with van der Waals surface area (Å²) in [5.41, 5.74) is -0.00203. The molecule has 0 aromatic carbocycles. The molecule has 0 amide bonds. The molecule has 96 valence electrons. The van der Waals surface area contributed by atoms with E-state index in [9.17, 15) is 9.90 Å². The van der Waals surface area contributed by atoms with Crippen molar-refractivity contribution in [1.29, 1.82) is 0 Å². The predicted molar refractivity (Wildman–Crippen MR) is 64.1 cm³/mol. The average molecular weight is 241 g/mol. The lowest BCUT2D eigenvalue weighted by Gasteiger charge is -2.28. The van der Waals surface area contributed by atoms with Gasteiger partial charge in [0.1, 0.15) is 5.76 Å². The molecule has 5 nitrogen and oxygen atoms in total. The van der Waals surface area contributed by atoms with Crippen molar-refractivity contribution < 1.29 is 20.1 Å². The Bertz CT molecular complexity index is 358. The van der Waals surface area contributed by atoms with Crippen molar-refractivity contribution >= 4 is 12.0 Å². The van der Waals surface area contributed by atoms with Gasteiger partial charge in [-0.25, -0.2) is 0 Å². The second-order valence-corrected chi connectivity index (χ2v) is 5.13. The fourth-order valence-corrected chi connectivity index (χ4v) is 1.77. The Morgan fingerprint density at radius 2 is 2.12 bits per heavy atom.